The number of hydrogen-bond donors (Lipinski definition) is 2. The Morgan fingerprint density at radius 2 is 1.71 bits per heavy atom. The van der Waals surface area contributed by atoms with Gasteiger partial charge >= 0.3 is 0 Å². The Hall–Kier alpha value is -3.16. The summed E-state index contributed by atoms with van der Waals surface area (Å²) < 4.78 is 15.8. The van der Waals surface area contributed by atoms with Gasteiger partial charge in [0.15, 0.2) is 5.76 Å². The van der Waals surface area contributed by atoms with Crippen molar-refractivity contribution in [3.8, 4) is 34.3 Å². The number of rotatable bonds is 4. The van der Waals surface area contributed by atoms with E-state index in [4.69, 9.17) is 13.9 Å². The van der Waals surface area contributed by atoms with Gasteiger partial charge in [-0.25, -0.2) is 4.90 Å². The summed E-state index contributed by atoms with van der Waals surface area (Å²) in [7, 11) is 2.90. The average molecular weight is 333 g/mol. The van der Waals surface area contributed by atoms with E-state index in [2.05, 4.69) is 0 Å². The van der Waals surface area contributed by atoms with Gasteiger partial charge in [0.05, 0.1) is 19.8 Å². The van der Waals surface area contributed by atoms with Crippen LogP contribution < -0.4 is 14.4 Å². The van der Waals surface area contributed by atoms with E-state index in [1.165, 1.54) is 20.3 Å². The summed E-state index contributed by atoms with van der Waals surface area (Å²) in [6.07, 6.45) is 0.0507. The van der Waals surface area contributed by atoms with Gasteiger partial charge in [0.2, 0.25) is 23.3 Å². The number of imide groups is 1. The molecule has 2 N–H and O–H groups in total. The van der Waals surface area contributed by atoms with Gasteiger partial charge in [-0.3, -0.25) is 9.59 Å². The number of hydrogen-bond acceptors (Lipinski definition) is 7. The molecule has 8 heteroatoms. The van der Waals surface area contributed by atoms with Crippen LogP contribution in [-0.2, 0) is 9.59 Å². The van der Waals surface area contributed by atoms with Gasteiger partial charge < -0.3 is 24.1 Å². The molecule has 8 nitrogen and oxygen atoms in total. The zero-order valence-corrected chi connectivity index (χ0v) is 13.0. The summed E-state index contributed by atoms with van der Waals surface area (Å²) in [6.45, 7) is 0. The minimum Gasteiger partial charge on any atom is -0.502 e. The van der Waals surface area contributed by atoms with Gasteiger partial charge in [0, 0.05) is 12.8 Å². The summed E-state index contributed by atoms with van der Waals surface area (Å²) in [6, 6.07) is 4.78. The van der Waals surface area contributed by atoms with E-state index in [1.54, 1.807) is 12.1 Å². The van der Waals surface area contributed by atoms with Crippen molar-refractivity contribution in [2.24, 2.45) is 0 Å². The normalized spacial score (nSPS) is 14.3. The summed E-state index contributed by atoms with van der Waals surface area (Å²) in [5, 5.41) is 20.3. The average Bonchev–Trinajstić information content (AvgIpc) is 3.07. The second-order valence-corrected chi connectivity index (χ2v) is 5.12. The molecule has 3 rings (SSSR count). The predicted molar refractivity (Wildman–Crippen MR) is 82.3 cm³/mol. The highest BCUT2D eigenvalue weighted by molar-refractivity contribution is 6.20. The van der Waals surface area contributed by atoms with E-state index in [0.717, 1.165) is 4.90 Å². The topological polar surface area (TPSA) is 109 Å². The van der Waals surface area contributed by atoms with Crippen LogP contribution in [0.25, 0.3) is 11.3 Å². The molecule has 2 aromatic rings. The molecule has 1 fully saturated rings. The van der Waals surface area contributed by atoms with E-state index in [0.29, 0.717) is 17.1 Å². The van der Waals surface area contributed by atoms with Crippen LogP contribution in [0.3, 0.4) is 0 Å². The molecule has 2 heterocycles. The Bertz CT molecular complexity index is 808. The molecule has 0 spiro atoms. The highest BCUT2D eigenvalue weighted by Crippen LogP contribution is 2.50. The van der Waals surface area contributed by atoms with Gasteiger partial charge in [0.25, 0.3) is 5.88 Å². The Balaban J connectivity index is 2.16. The standard InChI is InChI=1S/C16H15NO7/c1-22-8-3-4-10(23-2)9(7-8)15-13(20)14(21)16(24-15)17-11(18)5-6-12(17)19/h3-4,7,20-21H,5-6H2,1-2H3. The molecule has 0 aliphatic carbocycles. The molecule has 126 valence electrons. The van der Waals surface area contributed by atoms with Crippen LogP contribution in [0.1, 0.15) is 12.8 Å². The first-order chi connectivity index (χ1) is 11.5. The molecular formula is C16H15NO7. The Morgan fingerprint density at radius 3 is 2.29 bits per heavy atom. The number of anilines is 1. The lowest BCUT2D eigenvalue weighted by Crippen LogP contribution is -2.28. The lowest BCUT2D eigenvalue weighted by Gasteiger charge is -2.10. The third-order valence-electron chi connectivity index (χ3n) is 3.75. The first kappa shape index (κ1) is 15.7. The molecule has 1 saturated heterocycles. The summed E-state index contributed by atoms with van der Waals surface area (Å²) in [4.78, 5) is 24.4. The molecule has 1 aromatic heterocycles. The molecule has 1 aliphatic heterocycles. The smallest absolute Gasteiger partial charge is 0.256 e. The van der Waals surface area contributed by atoms with E-state index in [1.807, 2.05) is 0 Å². The number of furan rings is 1. The molecule has 1 aliphatic rings. The van der Waals surface area contributed by atoms with Crippen molar-refractivity contribution in [1.82, 2.24) is 0 Å². The van der Waals surface area contributed by atoms with Crippen LogP contribution in [-0.4, -0.2) is 36.2 Å². The number of ether oxygens (including phenoxy) is 2. The molecule has 0 unspecified atom stereocenters. The number of aromatic hydroxyl groups is 2. The summed E-state index contributed by atoms with van der Waals surface area (Å²) in [5.41, 5.74) is 0.301. The number of carbonyl (C=O) groups is 2. The Labute approximate surface area is 136 Å². The van der Waals surface area contributed by atoms with E-state index < -0.39 is 29.2 Å². The van der Waals surface area contributed by atoms with Crippen LogP contribution in [0.4, 0.5) is 5.88 Å². The lowest BCUT2D eigenvalue weighted by molar-refractivity contribution is -0.121. The van der Waals surface area contributed by atoms with Gasteiger partial charge in [-0.15, -0.1) is 0 Å². The number of benzene rings is 1. The summed E-state index contributed by atoms with van der Waals surface area (Å²) >= 11 is 0. The zero-order valence-electron chi connectivity index (χ0n) is 13.0. The Kier molecular flexibility index (Phi) is 3.80. The van der Waals surface area contributed by atoms with Gasteiger partial charge in [-0.1, -0.05) is 0 Å². The van der Waals surface area contributed by atoms with Crippen LogP contribution in [0.15, 0.2) is 22.6 Å². The third-order valence-corrected chi connectivity index (χ3v) is 3.75. The SMILES string of the molecule is COc1ccc(OC)c(-c2oc(N3C(=O)CCC3=O)c(O)c2O)c1. The lowest BCUT2D eigenvalue weighted by atomic mass is 10.1. The fourth-order valence-electron chi connectivity index (χ4n) is 2.53. The molecule has 2 amide bonds. The monoisotopic (exact) mass is 333 g/mol. The maximum Gasteiger partial charge on any atom is 0.256 e. The number of methoxy groups -OCH3 is 2. The van der Waals surface area contributed by atoms with Crippen LogP contribution >= 0.6 is 0 Å². The summed E-state index contributed by atoms with van der Waals surface area (Å²) in [5.74, 6) is -2.00. The van der Waals surface area contributed by atoms with Gasteiger partial charge in [-0.2, -0.15) is 0 Å². The third kappa shape index (κ3) is 2.32. The molecule has 0 radical (unpaired) electrons. The van der Waals surface area contributed by atoms with Crippen molar-refractivity contribution in [3.63, 3.8) is 0 Å². The first-order valence-corrected chi connectivity index (χ1v) is 7.10. The minimum absolute atomic E-state index is 0.0253. The molecule has 0 atom stereocenters. The molecular weight excluding hydrogens is 318 g/mol. The fourth-order valence-corrected chi connectivity index (χ4v) is 2.53. The van der Waals surface area contributed by atoms with Crippen LogP contribution in [0, 0.1) is 0 Å². The van der Waals surface area contributed by atoms with E-state index in [9.17, 15) is 19.8 Å². The fraction of sp³-hybridized carbons (Fsp3) is 0.250. The van der Waals surface area contributed by atoms with Crippen molar-refractivity contribution in [3.05, 3.63) is 18.2 Å². The van der Waals surface area contributed by atoms with Crippen molar-refractivity contribution in [2.75, 3.05) is 19.1 Å². The maximum absolute atomic E-state index is 11.8. The van der Waals surface area contributed by atoms with Crippen molar-refractivity contribution in [2.45, 2.75) is 12.8 Å². The first-order valence-electron chi connectivity index (χ1n) is 7.10. The minimum atomic E-state index is -0.682. The highest BCUT2D eigenvalue weighted by Gasteiger charge is 2.37. The quantitative estimate of drug-likeness (QED) is 0.824. The van der Waals surface area contributed by atoms with Crippen LogP contribution in [0.5, 0.6) is 23.0 Å². The number of nitrogens with zero attached hydrogens (tertiary/aromatic N) is 1. The van der Waals surface area contributed by atoms with Crippen molar-refractivity contribution in [1.29, 1.82) is 0 Å². The second kappa shape index (κ2) is 5.80. The zero-order chi connectivity index (χ0) is 17.4. The largest absolute Gasteiger partial charge is 0.502 e. The molecule has 0 bridgehead atoms. The van der Waals surface area contributed by atoms with E-state index in [-0.39, 0.29) is 18.6 Å². The van der Waals surface area contributed by atoms with E-state index >= 15 is 0 Å². The number of carbonyl (C=O) groups excluding carboxylic acids is 2. The predicted octanol–water partition coefficient (Wildman–Crippen LogP) is 2.03. The van der Waals surface area contributed by atoms with Gasteiger partial charge in [-0.05, 0) is 18.2 Å². The molecule has 24 heavy (non-hydrogen) atoms. The van der Waals surface area contributed by atoms with Gasteiger partial charge in [0.1, 0.15) is 11.5 Å². The maximum atomic E-state index is 11.8. The Morgan fingerprint density at radius 1 is 1.04 bits per heavy atom. The van der Waals surface area contributed by atoms with Crippen molar-refractivity contribution < 1.29 is 33.7 Å². The molecule has 0 saturated carbocycles. The number of amides is 2. The van der Waals surface area contributed by atoms with Crippen LogP contribution in [0.2, 0.25) is 0 Å². The highest BCUT2D eigenvalue weighted by atomic mass is 16.5. The molecule has 1 aromatic carbocycles. The van der Waals surface area contributed by atoms with Crippen molar-refractivity contribution >= 4 is 17.7 Å². The second-order valence-electron chi connectivity index (χ2n) is 5.12.